The van der Waals surface area contributed by atoms with E-state index in [-0.39, 0.29) is 37.7 Å². The Hall–Kier alpha value is -0.940. The summed E-state index contributed by atoms with van der Waals surface area (Å²) in [6.07, 6.45) is -1.06. The minimum Gasteiger partial charge on any atom is -0.481 e. The van der Waals surface area contributed by atoms with Gasteiger partial charge in [-0.1, -0.05) is 0 Å². The Kier molecular flexibility index (Phi) is 14.8. The van der Waals surface area contributed by atoms with Gasteiger partial charge >= 0.3 is 23.9 Å². The Morgan fingerprint density at radius 2 is 0.947 bits per heavy atom. The molecule has 2 unspecified atom stereocenters. The van der Waals surface area contributed by atoms with Gasteiger partial charge in [-0.2, -0.15) is 0 Å². The molecule has 8 N–H and O–H groups in total. The molecule has 0 bridgehead atoms. The number of nitrogens with two attached hydrogens (primary N) is 2. The fraction of sp³-hybridized carbons (Fsp3) is 0.500. The molecule has 0 saturated carbocycles. The maximum atomic E-state index is 9.85. The van der Waals surface area contributed by atoms with Crippen LogP contribution in [0.5, 0.6) is 0 Å². The molecule has 2 atom stereocenters. The van der Waals surface area contributed by atoms with E-state index in [1.54, 1.807) is 0 Å². The van der Waals surface area contributed by atoms with E-state index >= 15 is 0 Å². The van der Waals surface area contributed by atoms with E-state index in [2.05, 4.69) is 0 Å². The zero-order chi connectivity index (χ0) is 14.9. The van der Waals surface area contributed by atoms with Crippen molar-refractivity contribution in [3.8, 4) is 0 Å². The topological polar surface area (TPSA) is 201 Å². The largest absolute Gasteiger partial charge is 0.481 e. The second kappa shape index (κ2) is 12.1. The van der Waals surface area contributed by atoms with E-state index < -0.39 is 48.8 Å². The molecule has 0 aromatic carbocycles. The molecule has 0 rings (SSSR count). The molecule has 0 heterocycles. The van der Waals surface area contributed by atoms with Crippen LogP contribution in [0.2, 0.25) is 0 Å². The summed E-state index contributed by atoms with van der Waals surface area (Å²) in [5.41, 5.74) is 9.67. The predicted octanol–water partition coefficient (Wildman–Crippen LogP) is -2.63. The SMILES string of the molecule is NC(CC(=O)O)C(=O)O.NC(CC(=O)O)C(=O)O.[Ca]. The fourth-order valence-corrected chi connectivity index (χ4v) is 0.551. The molecule has 0 aliphatic carbocycles. The third-order valence-corrected chi connectivity index (χ3v) is 1.42. The molecule has 0 aromatic heterocycles. The van der Waals surface area contributed by atoms with Gasteiger partial charge in [0, 0.05) is 37.7 Å². The summed E-state index contributed by atoms with van der Waals surface area (Å²) in [6.45, 7) is 0. The predicted molar refractivity (Wildman–Crippen MR) is 61.5 cm³/mol. The van der Waals surface area contributed by atoms with Gasteiger partial charge in [-0.15, -0.1) is 0 Å². The zero-order valence-electron chi connectivity index (χ0n) is 9.85. The molecule has 0 fully saturated rings. The van der Waals surface area contributed by atoms with Gasteiger partial charge in [0.15, 0.2) is 0 Å². The van der Waals surface area contributed by atoms with E-state index in [4.69, 9.17) is 31.9 Å². The van der Waals surface area contributed by atoms with E-state index in [1.165, 1.54) is 0 Å². The van der Waals surface area contributed by atoms with Crippen molar-refractivity contribution in [2.75, 3.05) is 0 Å². The second-order valence-corrected chi connectivity index (χ2v) is 3.09. The summed E-state index contributed by atoms with van der Waals surface area (Å²) in [5, 5.41) is 32.1. The van der Waals surface area contributed by atoms with Crippen molar-refractivity contribution in [3.05, 3.63) is 0 Å². The van der Waals surface area contributed by atoms with Crippen LogP contribution in [-0.2, 0) is 19.2 Å². The first kappa shape index (κ1) is 23.2. The number of hydrogen-bond acceptors (Lipinski definition) is 6. The van der Waals surface area contributed by atoms with Gasteiger partial charge in [-0.3, -0.25) is 19.2 Å². The first-order valence-corrected chi connectivity index (χ1v) is 4.48. The maximum Gasteiger partial charge on any atom is 0.321 e. The Labute approximate surface area is 137 Å². The molecule has 19 heavy (non-hydrogen) atoms. The van der Waals surface area contributed by atoms with Crippen molar-refractivity contribution in [1.82, 2.24) is 0 Å². The summed E-state index contributed by atoms with van der Waals surface area (Å²) < 4.78 is 0. The van der Waals surface area contributed by atoms with Crippen LogP contribution in [0.1, 0.15) is 12.8 Å². The Bertz CT molecular complexity index is 303. The zero-order valence-corrected chi connectivity index (χ0v) is 12.1. The number of carboxylic acids is 4. The smallest absolute Gasteiger partial charge is 0.321 e. The molecule has 11 heteroatoms. The van der Waals surface area contributed by atoms with Crippen LogP contribution in [0.25, 0.3) is 0 Å². The summed E-state index contributed by atoms with van der Waals surface area (Å²) in [6, 6.07) is -2.58. The number of hydrogen-bond donors (Lipinski definition) is 6. The summed E-state index contributed by atoms with van der Waals surface area (Å²) in [4.78, 5) is 39.2. The standard InChI is InChI=1S/2C4H7NO4.Ca/c2*5-2(4(8)9)1-3(6)7;/h2*2H,1,5H2,(H,6,7)(H,8,9);. The molecule has 0 aromatic rings. The van der Waals surface area contributed by atoms with Crippen LogP contribution in [0.4, 0.5) is 0 Å². The second-order valence-electron chi connectivity index (χ2n) is 3.09. The normalized spacial score (nSPS) is 11.9. The van der Waals surface area contributed by atoms with Crippen LogP contribution in [0.15, 0.2) is 0 Å². The quantitative estimate of drug-likeness (QED) is 0.282. The van der Waals surface area contributed by atoms with Crippen LogP contribution >= 0.6 is 0 Å². The van der Waals surface area contributed by atoms with Crippen molar-refractivity contribution in [3.63, 3.8) is 0 Å². The average molecular weight is 306 g/mol. The number of rotatable bonds is 6. The van der Waals surface area contributed by atoms with Crippen molar-refractivity contribution in [1.29, 1.82) is 0 Å². The van der Waals surface area contributed by atoms with Crippen LogP contribution in [0, 0.1) is 0 Å². The van der Waals surface area contributed by atoms with Gasteiger partial charge in [0.1, 0.15) is 12.1 Å². The molecule has 0 spiro atoms. The van der Waals surface area contributed by atoms with Gasteiger partial charge < -0.3 is 31.9 Å². The molecule has 0 saturated heterocycles. The average Bonchev–Trinajstić information content (AvgIpc) is 2.16. The van der Waals surface area contributed by atoms with E-state index in [9.17, 15) is 19.2 Å². The van der Waals surface area contributed by atoms with Gasteiger partial charge in [0.25, 0.3) is 0 Å². The molecule has 0 amide bonds. The Balaban J connectivity index is -0.000000256. The van der Waals surface area contributed by atoms with Crippen molar-refractivity contribution in [2.24, 2.45) is 11.5 Å². The summed E-state index contributed by atoms with van der Waals surface area (Å²) in [5.74, 6) is -5.00. The number of carbonyl (C=O) groups is 4. The third-order valence-electron chi connectivity index (χ3n) is 1.42. The molecule has 0 aliphatic rings. The minimum absolute atomic E-state index is 0. The molecular formula is C8H14CaN2O8. The van der Waals surface area contributed by atoms with Gasteiger partial charge in [-0.25, -0.2) is 0 Å². The van der Waals surface area contributed by atoms with Gasteiger partial charge in [-0.05, 0) is 0 Å². The molecule has 2 radical (unpaired) electrons. The Morgan fingerprint density at radius 3 is 1.00 bits per heavy atom. The third kappa shape index (κ3) is 17.1. The van der Waals surface area contributed by atoms with Crippen molar-refractivity contribution < 1.29 is 39.6 Å². The van der Waals surface area contributed by atoms with E-state index in [0.717, 1.165) is 0 Å². The number of aliphatic carboxylic acids is 4. The maximum absolute atomic E-state index is 9.85. The molecule has 0 aliphatic heterocycles. The van der Waals surface area contributed by atoms with Crippen molar-refractivity contribution >= 4 is 61.6 Å². The molecular weight excluding hydrogens is 292 g/mol. The molecule has 106 valence electrons. The van der Waals surface area contributed by atoms with Crippen molar-refractivity contribution in [2.45, 2.75) is 24.9 Å². The first-order chi connectivity index (χ1) is 8.07. The fourth-order valence-electron chi connectivity index (χ4n) is 0.551. The van der Waals surface area contributed by atoms with Crippen LogP contribution in [0.3, 0.4) is 0 Å². The Morgan fingerprint density at radius 1 is 0.737 bits per heavy atom. The van der Waals surface area contributed by atoms with Gasteiger partial charge in [0.2, 0.25) is 0 Å². The molecule has 10 nitrogen and oxygen atoms in total. The van der Waals surface area contributed by atoms with Gasteiger partial charge in [0.05, 0.1) is 12.8 Å². The minimum atomic E-state index is -1.29. The van der Waals surface area contributed by atoms with Crippen LogP contribution < -0.4 is 11.5 Å². The van der Waals surface area contributed by atoms with E-state index in [0.29, 0.717) is 0 Å². The first-order valence-electron chi connectivity index (χ1n) is 4.48. The van der Waals surface area contributed by atoms with E-state index in [1.807, 2.05) is 0 Å². The summed E-state index contributed by atoms with van der Waals surface area (Å²) >= 11 is 0. The van der Waals surface area contributed by atoms with Crippen LogP contribution in [-0.4, -0.2) is 94.1 Å². The monoisotopic (exact) mass is 306 g/mol. The number of carboxylic acid groups (broad SMARTS) is 4. The summed E-state index contributed by atoms with van der Waals surface area (Å²) in [7, 11) is 0.